The third kappa shape index (κ3) is 6.92. The van der Waals surface area contributed by atoms with Crippen molar-refractivity contribution in [3.8, 4) is 11.5 Å². The molecule has 0 bridgehead atoms. The van der Waals surface area contributed by atoms with Gasteiger partial charge in [0.2, 0.25) is 0 Å². The lowest BCUT2D eigenvalue weighted by atomic mass is 10.1. The van der Waals surface area contributed by atoms with Crippen LogP contribution in [0.15, 0.2) is 48.5 Å². The monoisotopic (exact) mass is 406 g/mol. The van der Waals surface area contributed by atoms with E-state index in [2.05, 4.69) is 10.9 Å². The van der Waals surface area contributed by atoms with E-state index < -0.39 is 21.7 Å². The lowest BCUT2D eigenvalue weighted by molar-refractivity contribution is -0.123. The van der Waals surface area contributed by atoms with Crippen molar-refractivity contribution in [2.45, 2.75) is 12.7 Å². The van der Waals surface area contributed by atoms with Gasteiger partial charge in [0.1, 0.15) is 0 Å². The van der Waals surface area contributed by atoms with E-state index in [1.807, 2.05) is 6.92 Å². The van der Waals surface area contributed by atoms with Gasteiger partial charge >= 0.3 is 0 Å². The van der Waals surface area contributed by atoms with Gasteiger partial charge in [-0.1, -0.05) is 24.3 Å². The quantitative estimate of drug-likeness (QED) is 0.643. The van der Waals surface area contributed by atoms with Crippen LogP contribution in [-0.4, -0.2) is 39.7 Å². The summed E-state index contributed by atoms with van der Waals surface area (Å²) >= 11 is 0. The Morgan fingerprint density at radius 1 is 0.964 bits per heavy atom. The first-order chi connectivity index (χ1) is 13.3. The van der Waals surface area contributed by atoms with Crippen LogP contribution in [0.5, 0.6) is 11.5 Å². The molecule has 0 aromatic heterocycles. The number of para-hydroxylation sites is 2. The van der Waals surface area contributed by atoms with Gasteiger partial charge < -0.3 is 9.47 Å². The zero-order valence-corrected chi connectivity index (χ0v) is 16.4. The van der Waals surface area contributed by atoms with Crippen molar-refractivity contribution in [1.29, 1.82) is 0 Å². The van der Waals surface area contributed by atoms with Gasteiger partial charge in [0.25, 0.3) is 11.8 Å². The summed E-state index contributed by atoms with van der Waals surface area (Å²) in [5.41, 5.74) is 5.22. The van der Waals surface area contributed by atoms with Gasteiger partial charge in [-0.2, -0.15) is 0 Å². The molecule has 2 amide bonds. The molecule has 8 nitrogen and oxygen atoms in total. The molecule has 0 atom stereocenters. The van der Waals surface area contributed by atoms with E-state index in [1.165, 1.54) is 12.1 Å². The van der Waals surface area contributed by atoms with E-state index in [9.17, 15) is 18.0 Å². The van der Waals surface area contributed by atoms with Crippen molar-refractivity contribution in [3.05, 3.63) is 59.7 Å². The number of hydrazine groups is 1. The first-order valence-corrected chi connectivity index (χ1v) is 10.5. The highest BCUT2D eigenvalue weighted by atomic mass is 32.2. The van der Waals surface area contributed by atoms with Crippen LogP contribution in [0.1, 0.15) is 22.8 Å². The molecular formula is C19H22N2O6S. The number of ether oxygens (including phenoxy) is 2. The van der Waals surface area contributed by atoms with Crippen molar-refractivity contribution in [2.24, 2.45) is 0 Å². The molecule has 0 spiro atoms. The SMILES string of the molecule is CCOc1ccccc1OCC(=O)NNC(=O)c1cccc(CS(C)(=O)=O)c1. The molecule has 9 heteroatoms. The Morgan fingerprint density at radius 2 is 1.64 bits per heavy atom. The second-order valence-corrected chi connectivity index (χ2v) is 8.08. The molecule has 2 aromatic carbocycles. The maximum absolute atomic E-state index is 12.1. The Hall–Kier alpha value is -3.07. The van der Waals surface area contributed by atoms with E-state index >= 15 is 0 Å². The Labute approximate surface area is 163 Å². The topological polar surface area (TPSA) is 111 Å². The molecule has 0 saturated carbocycles. The fourth-order valence-electron chi connectivity index (χ4n) is 2.33. The summed E-state index contributed by atoms with van der Waals surface area (Å²) in [6, 6.07) is 13.1. The predicted molar refractivity (Wildman–Crippen MR) is 104 cm³/mol. The lowest BCUT2D eigenvalue weighted by Gasteiger charge is -2.12. The van der Waals surface area contributed by atoms with E-state index in [0.717, 1.165) is 6.26 Å². The Morgan fingerprint density at radius 3 is 2.29 bits per heavy atom. The molecule has 2 rings (SSSR count). The molecule has 0 unspecified atom stereocenters. The highest BCUT2D eigenvalue weighted by molar-refractivity contribution is 7.89. The van der Waals surface area contributed by atoms with Crippen LogP contribution < -0.4 is 20.3 Å². The van der Waals surface area contributed by atoms with Gasteiger partial charge in [0.15, 0.2) is 27.9 Å². The number of hydrogen-bond acceptors (Lipinski definition) is 6. The van der Waals surface area contributed by atoms with Crippen LogP contribution in [0.2, 0.25) is 0 Å². The van der Waals surface area contributed by atoms with Crippen molar-refractivity contribution in [3.63, 3.8) is 0 Å². The standard InChI is InChI=1S/C19H22N2O6S/c1-3-26-16-9-4-5-10-17(16)27-12-18(22)20-21-19(23)15-8-6-7-14(11-15)13-28(2,24)25/h4-11H,3,12-13H2,1-2H3,(H,20,22)(H,21,23). The molecule has 0 saturated heterocycles. The molecule has 0 aliphatic carbocycles. The smallest absolute Gasteiger partial charge is 0.276 e. The number of rotatable bonds is 8. The second kappa shape index (κ2) is 9.75. The summed E-state index contributed by atoms with van der Waals surface area (Å²) < 4.78 is 33.6. The van der Waals surface area contributed by atoms with E-state index in [4.69, 9.17) is 9.47 Å². The normalized spacial score (nSPS) is 10.8. The van der Waals surface area contributed by atoms with Crippen molar-refractivity contribution in [2.75, 3.05) is 19.5 Å². The highest BCUT2D eigenvalue weighted by Crippen LogP contribution is 2.26. The molecule has 28 heavy (non-hydrogen) atoms. The largest absolute Gasteiger partial charge is 0.490 e. The predicted octanol–water partition coefficient (Wildman–Crippen LogP) is 1.47. The van der Waals surface area contributed by atoms with Crippen molar-refractivity contribution in [1.82, 2.24) is 10.9 Å². The van der Waals surface area contributed by atoms with Gasteiger partial charge in [-0.15, -0.1) is 0 Å². The summed E-state index contributed by atoms with van der Waals surface area (Å²) in [5, 5.41) is 0. The number of sulfone groups is 1. The summed E-state index contributed by atoms with van der Waals surface area (Å²) in [5.74, 6) is -0.373. The molecular weight excluding hydrogens is 384 g/mol. The Bertz CT molecular complexity index is 943. The van der Waals surface area contributed by atoms with Crippen LogP contribution in [0.25, 0.3) is 0 Å². The van der Waals surface area contributed by atoms with Gasteiger partial charge in [-0.05, 0) is 36.8 Å². The first kappa shape index (κ1) is 21.2. The van der Waals surface area contributed by atoms with E-state index in [0.29, 0.717) is 23.7 Å². The van der Waals surface area contributed by atoms with Gasteiger partial charge in [-0.25, -0.2) is 8.42 Å². The lowest BCUT2D eigenvalue weighted by Crippen LogP contribution is -2.43. The zero-order valence-electron chi connectivity index (χ0n) is 15.6. The minimum absolute atomic E-state index is 0.173. The third-order valence-electron chi connectivity index (χ3n) is 3.44. The molecule has 2 N–H and O–H groups in total. The number of carbonyl (C=O) groups excluding carboxylic acids is 2. The molecule has 150 valence electrons. The molecule has 0 radical (unpaired) electrons. The van der Waals surface area contributed by atoms with Crippen molar-refractivity contribution < 1.29 is 27.5 Å². The van der Waals surface area contributed by atoms with Crippen molar-refractivity contribution >= 4 is 21.7 Å². The number of nitrogens with one attached hydrogen (secondary N) is 2. The van der Waals surface area contributed by atoms with Crippen LogP contribution >= 0.6 is 0 Å². The van der Waals surface area contributed by atoms with Crippen LogP contribution in [-0.2, 0) is 20.4 Å². The molecule has 2 aromatic rings. The Kier molecular flexibility index (Phi) is 7.39. The number of hydrogen-bond donors (Lipinski definition) is 2. The van der Waals surface area contributed by atoms with E-state index in [1.54, 1.807) is 36.4 Å². The van der Waals surface area contributed by atoms with Gasteiger partial charge in [-0.3, -0.25) is 20.4 Å². The van der Waals surface area contributed by atoms with Gasteiger partial charge in [0.05, 0.1) is 12.4 Å². The van der Waals surface area contributed by atoms with Crippen LogP contribution in [0, 0.1) is 0 Å². The number of amides is 2. The fourth-order valence-corrected chi connectivity index (χ4v) is 3.11. The molecule has 0 aliphatic heterocycles. The zero-order chi connectivity index (χ0) is 20.6. The highest BCUT2D eigenvalue weighted by Gasteiger charge is 2.11. The summed E-state index contributed by atoms with van der Waals surface area (Å²) in [4.78, 5) is 24.0. The van der Waals surface area contributed by atoms with Crippen LogP contribution in [0.4, 0.5) is 0 Å². The number of carbonyl (C=O) groups is 2. The number of benzene rings is 2. The maximum Gasteiger partial charge on any atom is 0.276 e. The summed E-state index contributed by atoms with van der Waals surface area (Å²) in [6.07, 6.45) is 1.11. The minimum Gasteiger partial charge on any atom is -0.490 e. The first-order valence-electron chi connectivity index (χ1n) is 8.49. The average molecular weight is 406 g/mol. The maximum atomic E-state index is 12.1. The minimum atomic E-state index is -3.22. The Balaban J connectivity index is 1.87. The molecule has 0 fully saturated rings. The van der Waals surface area contributed by atoms with Gasteiger partial charge in [0, 0.05) is 11.8 Å². The average Bonchev–Trinajstić information content (AvgIpc) is 2.64. The molecule has 0 aliphatic rings. The summed E-state index contributed by atoms with van der Waals surface area (Å²) in [7, 11) is -3.22. The van der Waals surface area contributed by atoms with Crippen LogP contribution in [0.3, 0.4) is 0 Å². The second-order valence-electron chi connectivity index (χ2n) is 5.94. The molecule has 0 heterocycles. The summed E-state index contributed by atoms with van der Waals surface area (Å²) in [6.45, 7) is 1.98. The van der Waals surface area contributed by atoms with E-state index in [-0.39, 0.29) is 17.9 Å². The fraction of sp³-hybridized carbons (Fsp3) is 0.263. The third-order valence-corrected chi connectivity index (χ3v) is 4.30.